The quantitative estimate of drug-likeness (QED) is 0.757. The Labute approximate surface area is 163 Å². The topological polar surface area (TPSA) is 102 Å². The predicted octanol–water partition coefficient (Wildman–Crippen LogP) is 1.80. The molecule has 1 aliphatic rings. The van der Waals surface area contributed by atoms with Crippen molar-refractivity contribution in [1.82, 2.24) is 10.2 Å². The van der Waals surface area contributed by atoms with E-state index in [9.17, 15) is 13.2 Å². The molecule has 0 unspecified atom stereocenters. The van der Waals surface area contributed by atoms with Gasteiger partial charge in [0, 0.05) is 24.0 Å². The van der Waals surface area contributed by atoms with Gasteiger partial charge in [-0.1, -0.05) is 6.07 Å². The molecule has 3 N–H and O–H groups in total. The van der Waals surface area contributed by atoms with E-state index in [4.69, 9.17) is 9.88 Å². The molecule has 1 aromatic heterocycles. The maximum Gasteiger partial charge on any atom is 0.255 e. The lowest BCUT2D eigenvalue weighted by Crippen LogP contribution is -2.47. The molecular weight excluding hydrogens is 386 g/mol. The number of carbonyl (C=O) groups is 1. The Bertz CT molecular complexity index is 897. The van der Waals surface area contributed by atoms with E-state index >= 15 is 0 Å². The van der Waals surface area contributed by atoms with E-state index in [0.29, 0.717) is 5.75 Å². The fraction of sp³-hybridized carbons (Fsp3) is 0.389. The number of hydrogen-bond acceptors (Lipinski definition) is 6. The minimum Gasteiger partial charge on any atom is -0.496 e. The average Bonchev–Trinajstić information content (AvgIpc) is 3.13. The Balaban J connectivity index is 1.70. The highest BCUT2D eigenvalue weighted by Gasteiger charge is 2.24. The normalized spacial score (nSPS) is 18.2. The van der Waals surface area contributed by atoms with Crippen LogP contribution >= 0.6 is 11.3 Å². The number of methoxy groups -OCH3 is 1. The highest BCUT2D eigenvalue weighted by molar-refractivity contribution is 7.89. The van der Waals surface area contributed by atoms with Crippen LogP contribution in [0.25, 0.3) is 0 Å². The summed E-state index contributed by atoms with van der Waals surface area (Å²) in [5.74, 6) is -0.0496. The summed E-state index contributed by atoms with van der Waals surface area (Å²) < 4.78 is 28.4. The number of hydrogen-bond donors (Lipinski definition) is 2. The molecular formula is C18H23N3O4S2. The van der Waals surface area contributed by atoms with Gasteiger partial charge in [-0.05, 0) is 49.0 Å². The summed E-state index contributed by atoms with van der Waals surface area (Å²) in [7, 11) is -2.46. The van der Waals surface area contributed by atoms with Crippen molar-refractivity contribution >= 4 is 27.3 Å². The van der Waals surface area contributed by atoms with Crippen molar-refractivity contribution in [3.63, 3.8) is 0 Å². The molecule has 1 aliphatic heterocycles. The number of benzene rings is 1. The lowest BCUT2D eigenvalue weighted by atomic mass is 10.0. The number of primary sulfonamides is 1. The highest BCUT2D eigenvalue weighted by Crippen LogP contribution is 2.23. The molecule has 2 heterocycles. The molecule has 1 fully saturated rings. The Morgan fingerprint density at radius 3 is 2.89 bits per heavy atom. The molecule has 0 saturated carbocycles. The SMILES string of the molecule is COc1ccc(S(N)(=O)=O)cc1C(=O)N[C@@H]1CCCN(Cc2cccs2)C1. The van der Waals surface area contributed by atoms with Gasteiger partial charge < -0.3 is 10.1 Å². The van der Waals surface area contributed by atoms with Gasteiger partial charge in [0.2, 0.25) is 10.0 Å². The van der Waals surface area contributed by atoms with Gasteiger partial charge in [-0.3, -0.25) is 9.69 Å². The molecule has 3 rings (SSSR count). The van der Waals surface area contributed by atoms with E-state index in [2.05, 4.69) is 21.7 Å². The zero-order valence-electron chi connectivity index (χ0n) is 15.1. The number of nitrogens with zero attached hydrogens (tertiary/aromatic N) is 1. The van der Waals surface area contributed by atoms with E-state index in [1.54, 1.807) is 11.3 Å². The summed E-state index contributed by atoms with van der Waals surface area (Å²) >= 11 is 1.72. The van der Waals surface area contributed by atoms with Crippen LogP contribution in [0.5, 0.6) is 5.75 Å². The van der Waals surface area contributed by atoms with Gasteiger partial charge in [-0.15, -0.1) is 11.3 Å². The molecule has 0 bridgehead atoms. The molecule has 0 radical (unpaired) electrons. The molecule has 0 spiro atoms. The standard InChI is InChI=1S/C18H23N3O4S2/c1-25-17-7-6-15(27(19,23)24)10-16(17)18(22)20-13-4-2-8-21(11-13)12-14-5-3-9-26-14/h3,5-7,9-10,13H,2,4,8,11-12H2,1H3,(H,20,22)(H2,19,23,24)/t13-/m1/s1. The van der Waals surface area contributed by atoms with Crippen LogP contribution in [0.3, 0.4) is 0 Å². The molecule has 7 nitrogen and oxygen atoms in total. The fourth-order valence-corrected chi connectivity index (χ4v) is 4.53. The number of nitrogens with one attached hydrogen (secondary N) is 1. The summed E-state index contributed by atoms with van der Waals surface area (Å²) in [6, 6.07) is 8.17. The van der Waals surface area contributed by atoms with Crippen molar-refractivity contribution in [1.29, 1.82) is 0 Å². The second-order valence-electron chi connectivity index (χ2n) is 6.53. The summed E-state index contributed by atoms with van der Waals surface area (Å²) in [6.07, 6.45) is 1.87. The zero-order chi connectivity index (χ0) is 19.4. The molecule has 1 aromatic carbocycles. The van der Waals surface area contributed by atoms with Crippen molar-refractivity contribution in [3.05, 3.63) is 46.2 Å². The van der Waals surface area contributed by atoms with Gasteiger partial charge in [0.25, 0.3) is 5.91 Å². The first-order valence-corrected chi connectivity index (χ1v) is 11.1. The first-order valence-electron chi connectivity index (χ1n) is 8.63. The maximum atomic E-state index is 12.8. The Morgan fingerprint density at radius 2 is 2.22 bits per heavy atom. The number of piperidine rings is 1. The van der Waals surface area contributed by atoms with E-state index in [0.717, 1.165) is 32.5 Å². The number of likely N-dealkylation sites (tertiary alicyclic amines) is 1. The van der Waals surface area contributed by atoms with Gasteiger partial charge >= 0.3 is 0 Å². The lowest BCUT2D eigenvalue weighted by Gasteiger charge is -2.33. The van der Waals surface area contributed by atoms with E-state index in [-0.39, 0.29) is 22.4 Å². The lowest BCUT2D eigenvalue weighted by molar-refractivity contribution is 0.0898. The van der Waals surface area contributed by atoms with Crippen LogP contribution in [0.2, 0.25) is 0 Å². The van der Waals surface area contributed by atoms with E-state index < -0.39 is 10.0 Å². The third-order valence-electron chi connectivity index (χ3n) is 4.54. The average molecular weight is 410 g/mol. The number of thiophene rings is 1. The van der Waals surface area contributed by atoms with Gasteiger partial charge in [0.15, 0.2) is 0 Å². The van der Waals surface area contributed by atoms with Crippen LogP contribution in [0.4, 0.5) is 0 Å². The second kappa shape index (κ2) is 8.39. The van der Waals surface area contributed by atoms with Crippen molar-refractivity contribution in [3.8, 4) is 5.75 Å². The van der Waals surface area contributed by atoms with Gasteiger partial charge in [-0.25, -0.2) is 13.6 Å². The summed E-state index contributed by atoms with van der Waals surface area (Å²) in [6.45, 7) is 2.61. The van der Waals surface area contributed by atoms with E-state index in [1.807, 2.05) is 6.07 Å². The highest BCUT2D eigenvalue weighted by atomic mass is 32.2. The number of carbonyl (C=O) groups excluding carboxylic acids is 1. The molecule has 1 saturated heterocycles. The monoisotopic (exact) mass is 409 g/mol. The van der Waals surface area contributed by atoms with Crippen molar-refractivity contribution in [2.45, 2.75) is 30.3 Å². The van der Waals surface area contributed by atoms with Gasteiger partial charge in [0.1, 0.15) is 5.75 Å². The van der Waals surface area contributed by atoms with Crippen LogP contribution in [0, 0.1) is 0 Å². The largest absolute Gasteiger partial charge is 0.496 e. The maximum absolute atomic E-state index is 12.8. The Hall–Kier alpha value is -1.94. The van der Waals surface area contributed by atoms with Crippen LogP contribution in [0.15, 0.2) is 40.6 Å². The van der Waals surface area contributed by atoms with Crippen LogP contribution in [-0.4, -0.2) is 45.5 Å². The zero-order valence-corrected chi connectivity index (χ0v) is 16.7. The second-order valence-corrected chi connectivity index (χ2v) is 9.13. The Kier molecular flexibility index (Phi) is 6.15. The van der Waals surface area contributed by atoms with Gasteiger partial charge in [-0.2, -0.15) is 0 Å². The van der Waals surface area contributed by atoms with Crippen LogP contribution in [-0.2, 0) is 16.6 Å². The van der Waals surface area contributed by atoms with E-state index in [1.165, 1.54) is 30.2 Å². The number of ether oxygens (including phenoxy) is 1. The van der Waals surface area contributed by atoms with Crippen molar-refractivity contribution in [2.24, 2.45) is 5.14 Å². The number of rotatable bonds is 6. The van der Waals surface area contributed by atoms with Crippen LogP contribution in [0.1, 0.15) is 28.1 Å². The summed E-state index contributed by atoms with van der Waals surface area (Å²) in [5, 5.41) is 10.2. The van der Waals surface area contributed by atoms with Crippen LogP contribution < -0.4 is 15.2 Å². The molecule has 27 heavy (non-hydrogen) atoms. The first-order chi connectivity index (χ1) is 12.9. The molecule has 1 atom stereocenters. The molecule has 2 aromatic rings. The predicted molar refractivity (Wildman–Crippen MR) is 104 cm³/mol. The third-order valence-corrected chi connectivity index (χ3v) is 6.32. The van der Waals surface area contributed by atoms with Gasteiger partial charge in [0.05, 0.1) is 17.6 Å². The molecule has 9 heteroatoms. The summed E-state index contributed by atoms with van der Waals surface area (Å²) in [4.78, 5) is 16.3. The molecule has 0 aliphatic carbocycles. The smallest absolute Gasteiger partial charge is 0.255 e. The minimum absolute atomic E-state index is 0.00550. The molecule has 146 valence electrons. The fourth-order valence-electron chi connectivity index (χ4n) is 3.24. The van der Waals surface area contributed by atoms with Crippen molar-refractivity contribution < 1.29 is 17.9 Å². The first kappa shape index (κ1) is 19.8. The third kappa shape index (κ3) is 5.07. The Morgan fingerprint density at radius 1 is 1.41 bits per heavy atom. The number of nitrogens with two attached hydrogens (primary N) is 1. The minimum atomic E-state index is -3.90. The van der Waals surface area contributed by atoms with Crippen molar-refractivity contribution in [2.75, 3.05) is 20.2 Å². The molecule has 1 amide bonds. The number of sulfonamides is 1. The summed E-state index contributed by atoms with van der Waals surface area (Å²) in [5.41, 5.74) is 0.166. The number of amides is 1.